The molecule has 2 aromatic carbocycles. The van der Waals surface area contributed by atoms with E-state index in [1.165, 1.54) is 23.1 Å². The fraction of sp³-hybridized carbons (Fsp3) is 0.167. The lowest BCUT2D eigenvalue weighted by Crippen LogP contribution is -2.22. The summed E-state index contributed by atoms with van der Waals surface area (Å²) in [6.07, 6.45) is 0. The Morgan fingerprint density at radius 3 is 2.50 bits per heavy atom. The summed E-state index contributed by atoms with van der Waals surface area (Å²) < 4.78 is 0.812. The van der Waals surface area contributed by atoms with Crippen LogP contribution in [0, 0.1) is 6.92 Å². The van der Waals surface area contributed by atoms with Gasteiger partial charge in [0.25, 0.3) is 0 Å². The number of carbonyl (C=O) groups excluding carboxylic acids is 1. The lowest BCUT2D eigenvalue weighted by Gasteiger charge is -2.14. The standard InChI is InChI=1S/C18H17N3OS2/c1-12(23-18-21-20-13(2)24-18)17(22)19-16-11-7-6-10-15(16)14-8-4-3-5-9-14/h3-12H,1-2H3,(H,19,22)/t12-/m1/s1. The molecule has 0 saturated heterocycles. The molecule has 1 aromatic heterocycles. The zero-order valence-corrected chi connectivity index (χ0v) is 15.0. The van der Waals surface area contributed by atoms with Crippen molar-refractivity contribution >= 4 is 34.7 Å². The van der Waals surface area contributed by atoms with E-state index in [0.717, 1.165) is 26.2 Å². The highest BCUT2D eigenvalue weighted by Crippen LogP contribution is 2.30. The van der Waals surface area contributed by atoms with Gasteiger partial charge in [-0.2, -0.15) is 0 Å². The van der Waals surface area contributed by atoms with E-state index in [1.807, 2.05) is 68.4 Å². The van der Waals surface area contributed by atoms with Gasteiger partial charge in [-0.25, -0.2) is 0 Å². The second-order valence-corrected chi connectivity index (χ2v) is 8.02. The van der Waals surface area contributed by atoms with Gasteiger partial charge in [0.15, 0.2) is 4.34 Å². The molecule has 0 aliphatic carbocycles. The van der Waals surface area contributed by atoms with Crippen LogP contribution in [0.25, 0.3) is 11.1 Å². The van der Waals surface area contributed by atoms with Crippen molar-refractivity contribution in [2.24, 2.45) is 0 Å². The van der Waals surface area contributed by atoms with Crippen molar-refractivity contribution in [3.63, 3.8) is 0 Å². The number of hydrogen-bond acceptors (Lipinski definition) is 5. The molecule has 0 fully saturated rings. The van der Waals surface area contributed by atoms with Crippen LogP contribution in [-0.2, 0) is 4.79 Å². The van der Waals surface area contributed by atoms with Crippen LogP contribution in [0.15, 0.2) is 58.9 Å². The van der Waals surface area contributed by atoms with Crippen molar-refractivity contribution in [3.05, 3.63) is 59.6 Å². The maximum Gasteiger partial charge on any atom is 0.237 e. The highest BCUT2D eigenvalue weighted by molar-refractivity contribution is 8.02. The van der Waals surface area contributed by atoms with Gasteiger partial charge in [0, 0.05) is 11.3 Å². The van der Waals surface area contributed by atoms with Crippen molar-refractivity contribution in [1.29, 1.82) is 0 Å². The number of carbonyl (C=O) groups is 1. The molecule has 1 N–H and O–H groups in total. The van der Waals surface area contributed by atoms with Gasteiger partial charge in [-0.05, 0) is 25.5 Å². The number of amides is 1. The first kappa shape index (κ1) is 16.7. The molecule has 1 heterocycles. The van der Waals surface area contributed by atoms with E-state index in [-0.39, 0.29) is 11.2 Å². The predicted octanol–water partition coefficient (Wildman–Crippen LogP) is 4.63. The third-order valence-electron chi connectivity index (χ3n) is 3.42. The second kappa shape index (κ2) is 7.59. The van der Waals surface area contributed by atoms with Gasteiger partial charge in [-0.1, -0.05) is 71.6 Å². The minimum absolute atomic E-state index is 0.0452. The SMILES string of the molecule is Cc1nnc(S[C@H](C)C(=O)Nc2ccccc2-c2ccccc2)s1. The molecule has 122 valence electrons. The number of aryl methyl sites for hydroxylation is 1. The maximum atomic E-state index is 12.5. The van der Waals surface area contributed by atoms with Crippen LogP contribution in [0.3, 0.4) is 0 Å². The van der Waals surface area contributed by atoms with Crippen LogP contribution >= 0.6 is 23.1 Å². The molecule has 0 radical (unpaired) electrons. The predicted molar refractivity (Wildman–Crippen MR) is 100 cm³/mol. The third kappa shape index (κ3) is 4.01. The normalized spacial score (nSPS) is 11.9. The number of para-hydroxylation sites is 1. The molecule has 0 saturated carbocycles. The fourth-order valence-electron chi connectivity index (χ4n) is 2.23. The van der Waals surface area contributed by atoms with E-state index in [1.54, 1.807) is 0 Å². The van der Waals surface area contributed by atoms with Gasteiger partial charge < -0.3 is 5.32 Å². The zero-order chi connectivity index (χ0) is 16.9. The molecule has 0 unspecified atom stereocenters. The van der Waals surface area contributed by atoms with E-state index in [9.17, 15) is 4.79 Å². The van der Waals surface area contributed by atoms with Gasteiger partial charge in [0.2, 0.25) is 5.91 Å². The lowest BCUT2D eigenvalue weighted by molar-refractivity contribution is -0.115. The number of hydrogen-bond donors (Lipinski definition) is 1. The van der Waals surface area contributed by atoms with E-state index < -0.39 is 0 Å². The largest absolute Gasteiger partial charge is 0.325 e. The molecule has 3 rings (SSSR count). The van der Waals surface area contributed by atoms with Crippen LogP contribution in [0.1, 0.15) is 11.9 Å². The monoisotopic (exact) mass is 355 g/mol. The van der Waals surface area contributed by atoms with Crippen molar-refractivity contribution in [2.45, 2.75) is 23.4 Å². The van der Waals surface area contributed by atoms with Gasteiger partial charge in [-0.3, -0.25) is 4.79 Å². The summed E-state index contributed by atoms with van der Waals surface area (Å²) in [5.41, 5.74) is 2.90. The molecule has 0 bridgehead atoms. The van der Waals surface area contributed by atoms with E-state index in [2.05, 4.69) is 15.5 Å². The van der Waals surface area contributed by atoms with Crippen LogP contribution in [0.4, 0.5) is 5.69 Å². The van der Waals surface area contributed by atoms with Crippen LogP contribution in [0.5, 0.6) is 0 Å². The Morgan fingerprint density at radius 2 is 1.79 bits per heavy atom. The summed E-state index contributed by atoms with van der Waals surface area (Å²) in [7, 11) is 0. The summed E-state index contributed by atoms with van der Waals surface area (Å²) >= 11 is 2.93. The summed E-state index contributed by atoms with van der Waals surface area (Å²) in [6.45, 7) is 3.78. The summed E-state index contributed by atoms with van der Waals surface area (Å²) in [5, 5.41) is 11.7. The number of aromatic nitrogens is 2. The Bertz CT molecular complexity index is 833. The number of benzene rings is 2. The van der Waals surface area contributed by atoms with Gasteiger partial charge in [0.1, 0.15) is 5.01 Å². The number of rotatable bonds is 5. The number of nitrogens with zero attached hydrogens (tertiary/aromatic N) is 2. The Kier molecular flexibility index (Phi) is 5.27. The number of anilines is 1. The van der Waals surface area contributed by atoms with Crippen molar-refractivity contribution in [1.82, 2.24) is 10.2 Å². The summed E-state index contributed by atoms with van der Waals surface area (Å²) in [5.74, 6) is -0.0452. The Hall–Kier alpha value is -2.18. The Balaban J connectivity index is 1.75. The molecule has 1 amide bonds. The topological polar surface area (TPSA) is 54.9 Å². The van der Waals surface area contributed by atoms with Crippen LogP contribution in [-0.4, -0.2) is 21.4 Å². The molecule has 0 aliphatic rings. The molecule has 3 aromatic rings. The quantitative estimate of drug-likeness (QED) is 0.678. The molecule has 0 aliphatic heterocycles. The van der Waals surface area contributed by atoms with E-state index in [4.69, 9.17) is 0 Å². The lowest BCUT2D eigenvalue weighted by atomic mass is 10.0. The van der Waals surface area contributed by atoms with Gasteiger partial charge in [0.05, 0.1) is 5.25 Å². The van der Waals surface area contributed by atoms with Crippen molar-refractivity contribution in [3.8, 4) is 11.1 Å². The van der Waals surface area contributed by atoms with Crippen molar-refractivity contribution in [2.75, 3.05) is 5.32 Å². The molecule has 4 nitrogen and oxygen atoms in total. The first-order chi connectivity index (χ1) is 11.6. The van der Waals surface area contributed by atoms with Crippen LogP contribution < -0.4 is 5.32 Å². The highest BCUT2D eigenvalue weighted by atomic mass is 32.2. The smallest absolute Gasteiger partial charge is 0.237 e. The number of nitrogens with one attached hydrogen (secondary N) is 1. The summed E-state index contributed by atoms with van der Waals surface area (Å²) in [4.78, 5) is 12.5. The molecular weight excluding hydrogens is 338 g/mol. The van der Waals surface area contributed by atoms with Gasteiger partial charge >= 0.3 is 0 Å². The summed E-state index contributed by atoms with van der Waals surface area (Å²) in [6, 6.07) is 17.9. The number of thioether (sulfide) groups is 1. The maximum absolute atomic E-state index is 12.5. The first-order valence-electron chi connectivity index (χ1n) is 7.55. The van der Waals surface area contributed by atoms with Crippen LogP contribution in [0.2, 0.25) is 0 Å². The third-order valence-corrected chi connectivity index (χ3v) is 5.45. The van der Waals surface area contributed by atoms with E-state index >= 15 is 0 Å². The molecule has 1 atom stereocenters. The molecular formula is C18H17N3OS2. The fourth-order valence-corrected chi connectivity index (χ4v) is 4.19. The van der Waals surface area contributed by atoms with E-state index in [0.29, 0.717) is 0 Å². The average Bonchev–Trinajstić information content (AvgIpc) is 3.01. The Morgan fingerprint density at radius 1 is 1.08 bits per heavy atom. The zero-order valence-electron chi connectivity index (χ0n) is 13.4. The van der Waals surface area contributed by atoms with Crippen molar-refractivity contribution < 1.29 is 4.79 Å². The molecule has 0 spiro atoms. The minimum Gasteiger partial charge on any atom is -0.325 e. The minimum atomic E-state index is -0.249. The Labute approximate surface area is 149 Å². The first-order valence-corrected chi connectivity index (χ1v) is 9.25. The highest BCUT2D eigenvalue weighted by Gasteiger charge is 2.18. The van der Waals surface area contributed by atoms with Gasteiger partial charge in [-0.15, -0.1) is 10.2 Å². The molecule has 6 heteroatoms. The average molecular weight is 355 g/mol. The molecule has 24 heavy (non-hydrogen) atoms. The second-order valence-electron chi connectivity index (χ2n) is 5.25.